The van der Waals surface area contributed by atoms with Crippen LogP contribution in [-0.2, 0) is 4.74 Å². The summed E-state index contributed by atoms with van der Waals surface area (Å²) in [7, 11) is 1.35. The Labute approximate surface area is 121 Å². The summed E-state index contributed by atoms with van der Waals surface area (Å²) in [4.78, 5) is 18.1. The van der Waals surface area contributed by atoms with Crippen LogP contribution < -0.4 is 10.6 Å². The lowest BCUT2D eigenvalue weighted by atomic mass is 10.0. The predicted molar refractivity (Wildman–Crippen MR) is 81.9 cm³/mol. The monoisotopic (exact) mass is 279 g/mol. The maximum absolute atomic E-state index is 11.6. The number of rotatable bonds is 7. The minimum atomic E-state index is -0.440. The van der Waals surface area contributed by atoms with Crippen molar-refractivity contribution in [3.05, 3.63) is 17.8 Å². The maximum Gasteiger partial charge on any atom is 0.356 e. The fraction of sp³-hybridized carbons (Fsp3) is 0.600. The van der Waals surface area contributed by atoms with E-state index < -0.39 is 5.97 Å². The van der Waals surface area contributed by atoms with Gasteiger partial charge in [0.15, 0.2) is 11.5 Å². The highest BCUT2D eigenvalue weighted by Crippen LogP contribution is 2.23. The third-order valence-corrected chi connectivity index (χ3v) is 3.61. The number of aromatic nitrogens is 1. The molecule has 0 atom stereocenters. The Morgan fingerprint density at radius 3 is 2.50 bits per heavy atom. The summed E-state index contributed by atoms with van der Waals surface area (Å²) in [5.74, 6) is 0.824. The van der Waals surface area contributed by atoms with Gasteiger partial charge in [-0.3, -0.25) is 0 Å². The Kier molecular flexibility index (Phi) is 6.28. The fourth-order valence-corrected chi connectivity index (χ4v) is 2.15. The number of nitrogens with zero attached hydrogens (tertiary/aromatic N) is 2. The number of nitrogen functional groups attached to an aromatic ring is 1. The summed E-state index contributed by atoms with van der Waals surface area (Å²) >= 11 is 0. The van der Waals surface area contributed by atoms with Crippen molar-refractivity contribution in [2.24, 2.45) is 5.92 Å². The average molecular weight is 279 g/mol. The molecule has 0 fully saturated rings. The van der Waals surface area contributed by atoms with E-state index in [2.05, 4.69) is 30.7 Å². The largest absolute Gasteiger partial charge is 0.464 e. The molecule has 0 saturated carbocycles. The van der Waals surface area contributed by atoms with Crippen LogP contribution in [0, 0.1) is 5.92 Å². The molecule has 112 valence electrons. The lowest BCUT2D eigenvalue weighted by molar-refractivity contribution is 0.0594. The van der Waals surface area contributed by atoms with Crippen molar-refractivity contribution in [2.75, 3.05) is 30.8 Å². The Balaban J connectivity index is 3.04. The normalized spacial score (nSPS) is 10.7. The van der Waals surface area contributed by atoms with Crippen LogP contribution in [0.5, 0.6) is 0 Å². The first-order valence-corrected chi connectivity index (χ1v) is 7.17. The first-order chi connectivity index (χ1) is 9.57. The number of nitrogens with two attached hydrogens (primary N) is 1. The fourth-order valence-electron chi connectivity index (χ4n) is 2.15. The van der Waals surface area contributed by atoms with Crippen LogP contribution in [0.1, 0.15) is 44.1 Å². The van der Waals surface area contributed by atoms with E-state index in [0.29, 0.717) is 23.1 Å². The van der Waals surface area contributed by atoms with Gasteiger partial charge in [-0.1, -0.05) is 26.7 Å². The second-order valence-corrected chi connectivity index (χ2v) is 4.82. The Bertz CT molecular complexity index is 445. The molecule has 0 unspecified atom stereocenters. The van der Waals surface area contributed by atoms with Gasteiger partial charge in [-0.25, -0.2) is 9.78 Å². The summed E-state index contributed by atoms with van der Waals surface area (Å²) in [5.41, 5.74) is 6.89. The SMILES string of the molecule is CCC(CC)CN(CC)c1nc(C(=O)OC)ccc1N. The molecule has 0 amide bonds. The molecular weight excluding hydrogens is 254 g/mol. The number of carbonyl (C=O) groups excluding carboxylic acids is 1. The Morgan fingerprint density at radius 1 is 1.35 bits per heavy atom. The van der Waals surface area contributed by atoms with Crippen LogP contribution in [0.3, 0.4) is 0 Å². The topological polar surface area (TPSA) is 68.5 Å². The van der Waals surface area contributed by atoms with E-state index >= 15 is 0 Å². The van der Waals surface area contributed by atoms with Gasteiger partial charge >= 0.3 is 5.97 Å². The second kappa shape index (κ2) is 7.72. The average Bonchev–Trinajstić information content (AvgIpc) is 2.49. The molecule has 0 aliphatic carbocycles. The van der Waals surface area contributed by atoms with E-state index in [1.807, 2.05) is 0 Å². The summed E-state index contributed by atoms with van der Waals surface area (Å²) < 4.78 is 4.71. The summed E-state index contributed by atoms with van der Waals surface area (Å²) in [6.45, 7) is 8.13. The van der Waals surface area contributed by atoms with Crippen LogP contribution in [0.25, 0.3) is 0 Å². The highest BCUT2D eigenvalue weighted by molar-refractivity contribution is 5.88. The number of anilines is 2. The standard InChI is InChI=1S/C15H25N3O2/c1-5-11(6-2)10-18(7-3)14-12(16)8-9-13(17-14)15(19)20-4/h8-9,11H,5-7,10,16H2,1-4H3. The van der Waals surface area contributed by atoms with Crippen molar-refractivity contribution in [3.63, 3.8) is 0 Å². The van der Waals surface area contributed by atoms with Crippen molar-refractivity contribution in [1.29, 1.82) is 0 Å². The minimum Gasteiger partial charge on any atom is -0.464 e. The van der Waals surface area contributed by atoms with Gasteiger partial charge in [-0.15, -0.1) is 0 Å². The maximum atomic E-state index is 11.6. The molecule has 1 heterocycles. The van der Waals surface area contributed by atoms with Crippen LogP contribution in [0.15, 0.2) is 12.1 Å². The van der Waals surface area contributed by atoms with E-state index in [4.69, 9.17) is 10.5 Å². The smallest absolute Gasteiger partial charge is 0.356 e. The third-order valence-electron chi connectivity index (χ3n) is 3.61. The van der Waals surface area contributed by atoms with Crippen LogP contribution in [-0.4, -0.2) is 31.2 Å². The molecule has 0 aromatic carbocycles. The van der Waals surface area contributed by atoms with Gasteiger partial charge in [-0.05, 0) is 25.0 Å². The highest BCUT2D eigenvalue weighted by atomic mass is 16.5. The zero-order valence-electron chi connectivity index (χ0n) is 12.8. The summed E-state index contributed by atoms with van der Waals surface area (Å²) in [6, 6.07) is 3.31. The van der Waals surface area contributed by atoms with Gasteiger partial charge in [0.1, 0.15) is 0 Å². The van der Waals surface area contributed by atoms with Crippen molar-refractivity contribution in [1.82, 2.24) is 4.98 Å². The quantitative estimate of drug-likeness (QED) is 0.777. The van der Waals surface area contributed by atoms with Gasteiger partial charge in [0, 0.05) is 13.1 Å². The first kappa shape index (κ1) is 16.3. The number of hydrogen-bond donors (Lipinski definition) is 1. The molecule has 0 bridgehead atoms. The number of ether oxygens (including phenoxy) is 1. The van der Waals surface area contributed by atoms with Gasteiger partial charge in [-0.2, -0.15) is 0 Å². The van der Waals surface area contributed by atoms with E-state index in [1.54, 1.807) is 12.1 Å². The van der Waals surface area contributed by atoms with E-state index in [-0.39, 0.29) is 0 Å². The van der Waals surface area contributed by atoms with Crippen LogP contribution in [0.2, 0.25) is 0 Å². The summed E-state index contributed by atoms with van der Waals surface area (Å²) in [6.07, 6.45) is 2.23. The third kappa shape index (κ3) is 3.85. The van der Waals surface area contributed by atoms with Crippen molar-refractivity contribution >= 4 is 17.5 Å². The lowest BCUT2D eigenvalue weighted by Crippen LogP contribution is -2.31. The van der Waals surface area contributed by atoms with Crippen LogP contribution >= 0.6 is 0 Å². The molecule has 0 spiro atoms. The number of carbonyl (C=O) groups is 1. The number of hydrogen-bond acceptors (Lipinski definition) is 5. The van der Waals surface area contributed by atoms with Gasteiger partial charge in [0.05, 0.1) is 12.8 Å². The van der Waals surface area contributed by atoms with Gasteiger partial charge < -0.3 is 15.4 Å². The molecule has 1 rings (SSSR count). The zero-order valence-corrected chi connectivity index (χ0v) is 12.8. The number of methoxy groups -OCH3 is 1. The lowest BCUT2D eigenvalue weighted by Gasteiger charge is -2.27. The Morgan fingerprint density at radius 2 is 2.00 bits per heavy atom. The highest BCUT2D eigenvalue weighted by Gasteiger charge is 2.17. The Hall–Kier alpha value is -1.78. The minimum absolute atomic E-state index is 0.291. The van der Waals surface area contributed by atoms with Crippen molar-refractivity contribution in [2.45, 2.75) is 33.6 Å². The molecule has 20 heavy (non-hydrogen) atoms. The molecule has 0 saturated heterocycles. The molecule has 1 aromatic heterocycles. The van der Waals surface area contributed by atoms with E-state index in [9.17, 15) is 4.79 Å². The van der Waals surface area contributed by atoms with Crippen molar-refractivity contribution in [3.8, 4) is 0 Å². The van der Waals surface area contributed by atoms with Gasteiger partial charge in [0.2, 0.25) is 0 Å². The number of esters is 1. The molecule has 5 heteroatoms. The van der Waals surface area contributed by atoms with E-state index in [0.717, 1.165) is 25.9 Å². The first-order valence-electron chi connectivity index (χ1n) is 7.17. The molecule has 5 nitrogen and oxygen atoms in total. The van der Waals surface area contributed by atoms with Crippen molar-refractivity contribution < 1.29 is 9.53 Å². The van der Waals surface area contributed by atoms with Crippen LogP contribution in [0.4, 0.5) is 11.5 Å². The molecule has 1 aromatic rings. The molecule has 0 aliphatic rings. The number of pyridine rings is 1. The zero-order chi connectivity index (χ0) is 15.1. The summed E-state index contributed by atoms with van der Waals surface area (Å²) in [5, 5.41) is 0. The molecule has 0 radical (unpaired) electrons. The molecular formula is C15H25N3O2. The second-order valence-electron chi connectivity index (χ2n) is 4.82. The van der Waals surface area contributed by atoms with Gasteiger partial charge in [0.25, 0.3) is 0 Å². The molecule has 2 N–H and O–H groups in total. The predicted octanol–water partition coefficient (Wildman–Crippen LogP) is 2.71. The molecule has 0 aliphatic heterocycles. The van der Waals surface area contributed by atoms with E-state index in [1.165, 1.54) is 7.11 Å².